The second-order valence-electron chi connectivity index (χ2n) is 11.9. The average molecular weight is 745 g/mol. The van der Waals surface area contributed by atoms with E-state index in [1.165, 1.54) is 6.92 Å². The summed E-state index contributed by atoms with van der Waals surface area (Å²) in [5, 5.41) is 20.2. The molecule has 0 aromatic rings. The maximum absolute atomic E-state index is 12.0. The maximum Gasteiger partial charge on any atom is 0.335 e. The van der Waals surface area contributed by atoms with E-state index in [2.05, 4.69) is 37.2 Å². The van der Waals surface area contributed by atoms with Crippen LogP contribution in [-0.2, 0) is 43.1 Å². The van der Waals surface area contributed by atoms with Gasteiger partial charge >= 0.3 is 18.0 Å². The smallest absolute Gasteiger partial charge is 0.335 e. The number of hydrogen-bond acceptors (Lipinski definition) is 13. The number of nitrogens with one attached hydrogen (secondary N) is 7. The molecule has 2 unspecified atom stereocenters. The second kappa shape index (κ2) is 19.5. The van der Waals surface area contributed by atoms with E-state index < -0.39 is 17.8 Å². The van der Waals surface area contributed by atoms with E-state index in [0.29, 0.717) is 44.2 Å². The van der Waals surface area contributed by atoms with Crippen molar-refractivity contribution in [3.63, 3.8) is 0 Å². The first-order valence-electron chi connectivity index (χ1n) is 16.4. The number of nitrogens with zero attached hydrogens (tertiary/aromatic N) is 1. The summed E-state index contributed by atoms with van der Waals surface area (Å²) < 4.78 is 10.5. The largest absolute Gasteiger partial charge is 0.379 e. The lowest BCUT2D eigenvalue weighted by atomic mass is 10.1. The molecular weight excluding hydrogens is 700 g/mol. The third-order valence-electron chi connectivity index (χ3n) is 8.06. The Morgan fingerprint density at radius 1 is 0.700 bits per heavy atom. The molecule has 0 aromatic heterocycles. The van der Waals surface area contributed by atoms with E-state index in [4.69, 9.17) is 14.3 Å². The molecule has 5 fully saturated rings. The lowest BCUT2D eigenvalue weighted by Gasteiger charge is -2.16. The third kappa shape index (κ3) is 12.2. The fourth-order valence-corrected chi connectivity index (χ4v) is 8.59. The van der Waals surface area contributed by atoms with Crippen LogP contribution in [0.1, 0.15) is 39.0 Å². The molecule has 278 valence electrons. The summed E-state index contributed by atoms with van der Waals surface area (Å²) in [7, 11) is 0. The standard InChI is InChI=1S/C16H22N4O7S.C13H22N4O4S/c21-11(7-10-15-9(8-28-10)18-16(25)19-15)17-4-6-26-5-3-14(24)27-20-12(22)1-2-13(20)23;1-8(18)14-2-4-21-5-3-15-11(19)6-10-12-9(7-22-10)16-13(20)17-12/h9-10,15H,1-8H2,(H,17,21)(H2,18,19,25);9-10,12H,2-7H2,1H3,(H,14,18)(H,15,19)(H2,16,17,20)/t9-,10?,15-;9-,10?,12-/m00/s1. The highest BCUT2D eigenvalue weighted by atomic mass is 32.2. The predicted octanol–water partition coefficient (Wildman–Crippen LogP) is -2.52. The number of carbonyl (C=O) groups is 8. The molecule has 0 aromatic carbocycles. The van der Waals surface area contributed by atoms with Crippen LogP contribution < -0.4 is 37.2 Å². The van der Waals surface area contributed by atoms with Crippen molar-refractivity contribution in [3.8, 4) is 0 Å². The molecule has 5 saturated heterocycles. The van der Waals surface area contributed by atoms with Gasteiger partial charge in [0.15, 0.2) is 0 Å². The number of carbonyl (C=O) groups excluding carboxylic acids is 8. The Bertz CT molecular complexity index is 1280. The van der Waals surface area contributed by atoms with Crippen molar-refractivity contribution in [2.75, 3.05) is 57.6 Å². The van der Waals surface area contributed by atoms with Crippen molar-refractivity contribution in [1.29, 1.82) is 0 Å². The number of amides is 9. The van der Waals surface area contributed by atoms with Crippen molar-refractivity contribution in [3.05, 3.63) is 0 Å². The highest BCUT2D eigenvalue weighted by molar-refractivity contribution is 8.00. The zero-order valence-corrected chi connectivity index (χ0v) is 29.3. The second-order valence-corrected chi connectivity index (χ2v) is 14.4. The first kappa shape index (κ1) is 39.0. The Hall–Kier alpha value is -3.82. The summed E-state index contributed by atoms with van der Waals surface area (Å²) in [6.45, 7) is 3.74. The van der Waals surface area contributed by atoms with Gasteiger partial charge in [0.25, 0.3) is 11.8 Å². The number of thioether (sulfide) groups is 2. The van der Waals surface area contributed by atoms with Gasteiger partial charge in [-0.2, -0.15) is 23.5 Å². The van der Waals surface area contributed by atoms with Crippen molar-refractivity contribution in [2.45, 2.75) is 73.7 Å². The number of hydroxylamine groups is 2. The minimum Gasteiger partial charge on any atom is -0.379 e. The molecule has 50 heavy (non-hydrogen) atoms. The Labute approximate surface area is 296 Å². The number of imide groups is 1. The molecule has 5 aliphatic heterocycles. The van der Waals surface area contributed by atoms with Crippen LogP contribution in [0.15, 0.2) is 0 Å². The number of ether oxygens (including phenoxy) is 2. The fourth-order valence-electron chi connectivity index (χ4n) is 5.63. The Morgan fingerprint density at radius 3 is 1.64 bits per heavy atom. The first-order valence-corrected chi connectivity index (χ1v) is 18.5. The van der Waals surface area contributed by atoms with Crippen LogP contribution in [0.4, 0.5) is 9.59 Å². The molecule has 5 aliphatic rings. The third-order valence-corrected chi connectivity index (χ3v) is 10.9. The van der Waals surface area contributed by atoms with Crippen LogP contribution in [0.25, 0.3) is 0 Å². The van der Waals surface area contributed by atoms with Gasteiger partial charge < -0.3 is 51.5 Å². The van der Waals surface area contributed by atoms with E-state index in [9.17, 15) is 38.4 Å². The van der Waals surface area contributed by atoms with E-state index in [0.717, 1.165) is 11.5 Å². The molecule has 7 N–H and O–H groups in total. The highest BCUT2D eigenvalue weighted by Gasteiger charge is 2.44. The summed E-state index contributed by atoms with van der Waals surface area (Å²) in [5.41, 5.74) is 0. The van der Waals surface area contributed by atoms with Crippen LogP contribution in [0.3, 0.4) is 0 Å². The average Bonchev–Trinajstić information content (AvgIpc) is 3.87. The van der Waals surface area contributed by atoms with Crippen molar-refractivity contribution in [1.82, 2.24) is 42.3 Å². The summed E-state index contributed by atoms with van der Waals surface area (Å²) in [4.78, 5) is 96.0. The molecule has 5 rings (SSSR count). The summed E-state index contributed by atoms with van der Waals surface area (Å²) in [6, 6.07) is -0.117. The van der Waals surface area contributed by atoms with Crippen LogP contribution in [0.5, 0.6) is 0 Å². The van der Waals surface area contributed by atoms with Gasteiger partial charge in [0, 0.05) is 74.2 Å². The summed E-state index contributed by atoms with van der Waals surface area (Å²) in [6.07, 6.45) is 0.676. The first-order chi connectivity index (χ1) is 24.0. The zero-order chi connectivity index (χ0) is 36.0. The van der Waals surface area contributed by atoms with Gasteiger partial charge in [0.05, 0.1) is 57.0 Å². The normalized spacial score (nSPS) is 26.1. The minimum atomic E-state index is -0.729. The van der Waals surface area contributed by atoms with Crippen LogP contribution >= 0.6 is 23.5 Å². The van der Waals surface area contributed by atoms with E-state index in [1.54, 1.807) is 23.5 Å². The summed E-state index contributed by atoms with van der Waals surface area (Å²) >= 11 is 3.36. The van der Waals surface area contributed by atoms with E-state index in [-0.39, 0.29) is 103 Å². The zero-order valence-electron chi connectivity index (χ0n) is 27.6. The topological polar surface area (TPSA) is 252 Å². The van der Waals surface area contributed by atoms with E-state index >= 15 is 0 Å². The SMILES string of the molecule is CC(=O)NCCOCCNC(=O)CC1SC[C@@H]2NC(=O)N[C@H]12.O=C(CC1SC[C@@H]2NC(=O)N[C@H]12)NCCOCCC(=O)ON1C(=O)CCC1=O. The predicted molar refractivity (Wildman–Crippen MR) is 178 cm³/mol. The van der Waals surface area contributed by atoms with Gasteiger partial charge in [-0.05, 0) is 0 Å². The Balaban J connectivity index is 0.000000232. The summed E-state index contributed by atoms with van der Waals surface area (Å²) in [5.74, 6) is -0.407. The van der Waals surface area contributed by atoms with Gasteiger partial charge in [-0.1, -0.05) is 0 Å². The fraction of sp³-hybridized carbons (Fsp3) is 0.724. The molecule has 6 atom stereocenters. The quantitative estimate of drug-likeness (QED) is 0.0462. The van der Waals surface area contributed by atoms with Gasteiger partial charge in [-0.3, -0.25) is 24.0 Å². The van der Waals surface area contributed by atoms with Crippen molar-refractivity contribution >= 4 is 71.1 Å². The van der Waals surface area contributed by atoms with E-state index in [1.807, 2.05) is 0 Å². The molecule has 0 saturated carbocycles. The van der Waals surface area contributed by atoms with Crippen LogP contribution in [0, 0.1) is 0 Å². The molecule has 19 nitrogen and oxygen atoms in total. The molecule has 9 amide bonds. The van der Waals surface area contributed by atoms with Gasteiger partial charge in [-0.25, -0.2) is 14.4 Å². The molecule has 21 heteroatoms. The molecule has 0 bridgehead atoms. The molecular formula is C29H44N8O11S2. The van der Waals surface area contributed by atoms with Gasteiger partial charge in [-0.15, -0.1) is 5.06 Å². The Kier molecular flexibility index (Phi) is 15.2. The molecule has 0 aliphatic carbocycles. The monoisotopic (exact) mass is 744 g/mol. The highest BCUT2D eigenvalue weighted by Crippen LogP contribution is 2.32. The molecule has 0 spiro atoms. The van der Waals surface area contributed by atoms with Crippen LogP contribution in [0.2, 0.25) is 0 Å². The van der Waals surface area contributed by atoms with Crippen molar-refractivity contribution in [2.24, 2.45) is 0 Å². The number of fused-ring (bicyclic) bond motifs is 2. The molecule has 0 radical (unpaired) electrons. The number of urea groups is 2. The maximum atomic E-state index is 12.0. The Morgan fingerprint density at radius 2 is 1.16 bits per heavy atom. The number of hydrogen-bond donors (Lipinski definition) is 7. The minimum absolute atomic E-state index is 0.0279. The van der Waals surface area contributed by atoms with Gasteiger partial charge in [0.1, 0.15) is 0 Å². The lowest BCUT2D eigenvalue weighted by molar-refractivity contribution is -0.198. The van der Waals surface area contributed by atoms with Gasteiger partial charge in [0.2, 0.25) is 17.7 Å². The van der Waals surface area contributed by atoms with Crippen LogP contribution in [-0.4, -0.2) is 145 Å². The molecule has 5 heterocycles. The number of rotatable bonds is 17. The lowest BCUT2D eigenvalue weighted by Crippen LogP contribution is -2.40. The van der Waals surface area contributed by atoms with Crippen molar-refractivity contribution < 1.29 is 52.7 Å².